The van der Waals surface area contributed by atoms with Crippen molar-refractivity contribution >= 4 is 5.91 Å². The fraction of sp³-hybridized carbons (Fsp3) is 0.231. The lowest BCUT2D eigenvalue weighted by molar-refractivity contribution is -0.141. The largest absolute Gasteiger partial charge is 0.433 e. The van der Waals surface area contributed by atoms with Gasteiger partial charge in [-0.1, -0.05) is 6.07 Å². The molecule has 0 aliphatic rings. The van der Waals surface area contributed by atoms with Crippen molar-refractivity contribution in [2.45, 2.75) is 19.6 Å². The van der Waals surface area contributed by atoms with Gasteiger partial charge in [0.05, 0.1) is 17.8 Å². The molecule has 0 aromatic carbocycles. The van der Waals surface area contributed by atoms with Gasteiger partial charge in [0.1, 0.15) is 11.5 Å². The number of hydrogen-bond donors (Lipinski definition) is 1. The maximum atomic E-state index is 12.5. The molecule has 2 aromatic heterocycles. The minimum atomic E-state index is -4.51. The molecule has 0 radical (unpaired) electrons. The van der Waals surface area contributed by atoms with Gasteiger partial charge in [-0.2, -0.15) is 13.2 Å². The van der Waals surface area contributed by atoms with Crippen LogP contribution in [0.5, 0.6) is 0 Å². The van der Waals surface area contributed by atoms with Gasteiger partial charge < -0.3 is 5.32 Å². The van der Waals surface area contributed by atoms with E-state index in [1.165, 1.54) is 24.5 Å². The van der Waals surface area contributed by atoms with Crippen LogP contribution in [0.2, 0.25) is 0 Å². The number of carbonyl (C=O) groups is 1. The number of amides is 1. The first-order valence-corrected chi connectivity index (χ1v) is 5.96. The van der Waals surface area contributed by atoms with E-state index in [-0.39, 0.29) is 17.8 Å². The van der Waals surface area contributed by atoms with Crippen LogP contribution in [0.1, 0.15) is 27.6 Å². The summed E-state index contributed by atoms with van der Waals surface area (Å²) in [5.74, 6) is 0.0420. The zero-order chi connectivity index (χ0) is 15.5. The van der Waals surface area contributed by atoms with Crippen LogP contribution < -0.4 is 5.32 Å². The molecule has 2 rings (SSSR count). The summed E-state index contributed by atoms with van der Waals surface area (Å²) < 4.78 is 37.5. The molecule has 0 aliphatic heterocycles. The van der Waals surface area contributed by atoms with Crippen molar-refractivity contribution in [3.63, 3.8) is 0 Å². The number of rotatable bonds is 3. The number of pyridine rings is 1. The number of aryl methyl sites for hydroxylation is 1. The maximum Gasteiger partial charge on any atom is 0.433 e. The Morgan fingerprint density at radius 2 is 1.90 bits per heavy atom. The number of nitrogens with zero attached hydrogens (tertiary/aromatic N) is 3. The van der Waals surface area contributed by atoms with Crippen molar-refractivity contribution < 1.29 is 18.0 Å². The van der Waals surface area contributed by atoms with Gasteiger partial charge in [-0.15, -0.1) is 0 Å². The van der Waals surface area contributed by atoms with Crippen LogP contribution in [0.4, 0.5) is 13.2 Å². The molecule has 0 spiro atoms. The standard InChI is InChI=1S/C13H11F3N4O/c1-8-17-5-9(6-18-8)12(21)19-7-10-3-2-4-11(20-10)13(14,15)16/h2-6H,7H2,1H3,(H,19,21). The van der Waals surface area contributed by atoms with E-state index in [9.17, 15) is 18.0 Å². The molecule has 0 saturated heterocycles. The van der Waals surface area contributed by atoms with Crippen LogP contribution in [-0.2, 0) is 12.7 Å². The zero-order valence-electron chi connectivity index (χ0n) is 11.0. The number of alkyl halides is 3. The lowest BCUT2D eigenvalue weighted by Gasteiger charge is -2.08. The molecular weight excluding hydrogens is 285 g/mol. The highest BCUT2D eigenvalue weighted by Crippen LogP contribution is 2.27. The Labute approximate surface area is 118 Å². The molecule has 8 heteroatoms. The average Bonchev–Trinajstić information content (AvgIpc) is 2.45. The highest BCUT2D eigenvalue weighted by atomic mass is 19.4. The first kappa shape index (κ1) is 14.9. The van der Waals surface area contributed by atoms with E-state index >= 15 is 0 Å². The van der Waals surface area contributed by atoms with E-state index < -0.39 is 17.8 Å². The Morgan fingerprint density at radius 3 is 2.52 bits per heavy atom. The van der Waals surface area contributed by atoms with Crippen LogP contribution in [0.3, 0.4) is 0 Å². The van der Waals surface area contributed by atoms with Crippen LogP contribution >= 0.6 is 0 Å². The summed E-state index contributed by atoms with van der Waals surface area (Å²) in [5.41, 5.74) is -0.647. The smallest absolute Gasteiger partial charge is 0.346 e. The predicted octanol–water partition coefficient (Wildman–Crippen LogP) is 2.13. The molecule has 0 fully saturated rings. The Kier molecular flexibility index (Phi) is 4.15. The van der Waals surface area contributed by atoms with Gasteiger partial charge >= 0.3 is 6.18 Å². The fourth-order valence-electron chi connectivity index (χ4n) is 1.52. The van der Waals surface area contributed by atoms with E-state index in [0.717, 1.165) is 6.07 Å². The lowest BCUT2D eigenvalue weighted by atomic mass is 10.2. The van der Waals surface area contributed by atoms with E-state index in [0.29, 0.717) is 5.82 Å². The zero-order valence-corrected chi connectivity index (χ0v) is 11.0. The Balaban J connectivity index is 2.03. The Bertz CT molecular complexity index is 641. The summed E-state index contributed by atoms with van der Waals surface area (Å²) in [6, 6.07) is 3.52. The molecule has 110 valence electrons. The van der Waals surface area contributed by atoms with Crippen molar-refractivity contribution in [1.29, 1.82) is 0 Å². The topological polar surface area (TPSA) is 67.8 Å². The molecule has 21 heavy (non-hydrogen) atoms. The van der Waals surface area contributed by atoms with Gasteiger partial charge in [0.2, 0.25) is 0 Å². The summed E-state index contributed by atoms with van der Waals surface area (Å²) in [4.78, 5) is 23.0. The third-order valence-corrected chi connectivity index (χ3v) is 2.57. The fourth-order valence-corrected chi connectivity index (χ4v) is 1.52. The Morgan fingerprint density at radius 1 is 1.24 bits per heavy atom. The number of hydrogen-bond acceptors (Lipinski definition) is 4. The Hall–Kier alpha value is -2.51. The maximum absolute atomic E-state index is 12.5. The van der Waals surface area contributed by atoms with E-state index in [2.05, 4.69) is 20.3 Å². The molecule has 2 heterocycles. The summed E-state index contributed by atoms with van der Waals surface area (Å²) in [6.07, 6.45) is -1.82. The van der Waals surface area contributed by atoms with Crippen molar-refractivity contribution in [1.82, 2.24) is 20.3 Å². The van der Waals surface area contributed by atoms with Crippen molar-refractivity contribution in [3.8, 4) is 0 Å². The van der Waals surface area contributed by atoms with Crippen molar-refractivity contribution in [2.24, 2.45) is 0 Å². The molecule has 0 unspecified atom stereocenters. The minimum absolute atomic E-state index is 0.114. The third-order valence-electron chi connectivity index (χ3n) is 2.57. The highest BCUT2D eigenvalue weighted by molar-refractivity contribution is 5.93. The second-order valence-electron chi connectivity index (χ2n) is 4.21. The first-order valence-electron chi connectivity index (χ1n) is 5.96. The molecule has 5 nitrogen and oxygen atoms in total. The third kappa shape index (κ3) is 3.98. The van der Waals surface area contributed by atoms with Crippen LogP contribution in [-0.4, -0.2) is 20.9 Å². The van der Waals surface area contributed by atoms with Gasteiger partial charge in [0, 0.05) is 12.4 Å². The molecule has 0 atom stereocenters. The molecular formula is C13H11F3N4O. The van der Waals surface area contributed by atoms with E-state index in [4.69, 9.17) is 0 Å². The number of halogens is 3. The normalized spacial score (nSPS) is 11.2. The van der Waals surface area contributed by atoms with Crippen LogP contribution in [0.15, 0.2) is 30.6 Å². The summed E-state index contributed by atoms with van der Waals surface area (Å²) in [7, 11) is 0. The van der Waals surface area contributed by atoms with Crippen LogP contribution in [0, 0.1) is 6.92 Å². The lowest BCUT2D eigenvalue weighted by Crippen LogP contribution is -2.24. The summed E-state index contributed by atoms with van der Waals surface area (Å²) in [5, 5.41) is 2.46. The molecule has 2 aromatic rings. The van der Waals surface area contributed by atoms with E-state index in [1.807, 2.05) is 0 Å². The molecule has 0 aliphatic carbocycles. The second-order valence-corrected chi connectivity index (χ2v) is 4.21. The molecule has 0 bridgehead atoms. The van der Waals surface area contributed by atoms with Gasteiger partial charge in [0.15, 0.2) is 0 Å². The average molecular weight is 296 g/mol. The van der Waals surface area contributed by atoms with Crippen molar-refractivity contribution in [3.05, 3.63) is 53.4 Å². The number of nitrogens with one attached hydrogen (secondary N) is 1. The summed E-state index contributed by atoms with van der Waals surface area (Å²) >= 11 is 0. The summed E-state index contributed by atoms with van der Waals surface area (Å²) in [6.45, 7) is 1.56. The predicted molar refractivity (Wildman–Crippen MR) is 67.2 cm³/mol. The van der Waals surface area contributed by atoms with Gasteiger partial charge in [-0.3, -0.25) is 4.79 Å². The van der Waals surface area contributed by atoms with Crippen molar-refractivity contribution in [2.75, 3.05) is 0 Å². The van der Waals surface area contributed by atoms with Gasteiger partial charge in [0.25, 0.3) is 5.91 Å². The number of aromatic nitrogens is 3. The highest BCUT2D eigenvalue weighted by Gasteiger charge is 2.32. The quantitative estimate of drug-likeness (QED) is 0.942. The van der Waals surface area contributed by atoms with E-state index in [1.54, 1.807) is 6.92 Å². The number of carbonyl (C=O) groups excluding carboxylic acids is 1. The molecule has 1 amide bonds. The van der Waals surface area contributed by atoms with Gasteiger partial charge in [-0.25, -0.2) is 15.0 Å². The SMILES string of the molecule is Cc1ncc(C(=O)NCc2cccc(C(F)(F)F)n2)cn1. The minimum Gasteiger partial charge on any atom is -0.346 e. The monoisotopic (exact) mass is 296 g/mol. The van der Waals surface area contributed by atoms with Gasteiger partial charge in [-0.05, 0) is 19.1 Å². The molecule has 0 saturated carbocycles. The first-order chi connectivity index (χ1) is 9.86. The van der Waals surface area contributed by atoms with Crippen LogP contribution in [0.25, 0.3) is 0 Å². The molecule has 1 N–H and O–H groups in total. The second kappa shape index (κ2) is 5.86.